The average molecular weight is 619 g/mol. The molecule has 1 aromatic heterocycles. The van der Waals surface area contributed by atoms with Crippen molar-refractivity contribution in [1.82, 2.24) is 20.3 Å². The van der Waals surface area contributed by atoms with Crippen LogP contribution in [0.25, 0.3) is 10.8 Å². The predicted octanol–water partition coefficient (Wildman–Crippen LogP) is 4.28. The number of sulfone groups is 1. The molecule has 15 heteroatoms. The second-order valence-corrected chi connectivity index (χ2v) is 13.1. The zero-order valence-corrected chi connectivity index (χ0v) is 24.4. The molecular weight excluding hydrogens is 592 g/mol. The van der Waals surface area contributed by atoms with E-state index in [1.807, 2.05) is 6.92 Å². The van der Waals surface area contributed by atoms with E-state index in [-0.39, 0.29) is 51.1 Å². The zero-order valence-electron chi connectivity index (χ0n) is 22.0. The molecule has 1 heterocycles. The fourth-order valence-corrected chi connectivity index (χ4v) is 6.25. The van der Waals surface area contributed by atoms with Crippen molar-refractivity contribution in [3.63, 3.8) is 0 Å². The van der Waals surface area contributed by atoms with Crippen LogP contribution in [0, 0.1) is 6.92 Å². The summed E-state index contributed by atoms with van der Waals surface area (Å²) in [4.78, 5) is 24.7. The molecule has 41 heavy (non-hydrogen) atoms. The summed E-state index contributed by atoms with van der Waals surface area (Å²) in [7, 11) is -7.76. The minimum Gasteiger partial charge on any atom is -0.351 e. The Kier molecular flexibility index (Phi) is 9.07. The largest absolute Gasteiger partial charge is 0.351 e. The van der Waals surface area contributed by atoms with Crippen LogP contribution in [0.5, 0.6) is 0 Å². The van der Waals surface area contributed by atoms with Gasteiger partial charge in [-0.3, -0.25) is 9.35 Å². The number of aryl methyl sites for hydroxylation is 1. The number of nitrogens with zero attached hydrogens (tertiary/aromatic N) is 3. The molecule has 12 nitrogen and oxygen atoms in total. The van der Waals surface area contributed by atoms with Crippen LogP contribution in [-0.2, 0) is 20.0 Å². The first-order valence-electron chi connectivity index (χ1n) is 12.4. The molecule has 216 valence electrons. The van der Waals surface area contributed by atoms with Crippen LogP contribution < -0.4 is 16.0 Å². The van der Waals surface area contributed by atoms with E-state index in [1.54, 1.807) is 43.3 Å². The minimum absolute atomic E-state index is 0.00928. The Balaban J connectivity index is 1.56. The van der Waals surface area contributed by atoms with Crippen molar-refractivity contribution in [2.45, 2.75) is 25.2 Å². The highest BCUT2D eigenvalue weighted by molar-refractivity contribution is 7.91. The molecule has 0 saturated carbocycles. The first kappa shape index (κ1) is 30.1. The van der Waals surface area contributed by atoms with Gasteiger partial charge in [0.25, 0.3) is 16.0 Å². The number of rotatable bonds is 11. The maximum absolute atomic E-state index is 12.6. The van der Waals surface area contributed by atoms with Crippen LogP contribution in [0.3, 0.4) is 0 Å². The lowest BCUT2D eigenvalue weighted by atomic mass is 10.0. The lowest BCUT2D eigenvalue weighted by Gasteiger charge is -2.14. The maximum atomic E-state index is 12.6. The molecule has 0 atom stereocenters. The van der Waals surface area contributed by atoms with Gasteiger partial charge in [-0.1, -0.05) is 31.2 Å². The Hall–Kier alpha value is -3.85. The third-order valence-corrected chi connectivity index (χ3v) is 8.87. The normalized spacial score (nSPS) is 11.8. The molecule has 0 bridgehead atoms. The molecule has 0 aliphatic carbocycles. The van der Waals surface area contributed by atoms with Crippen molar-refractivity contribution in [3.05, 3.63) is 71.0 Å². The summed E-state index contributed by atoms with van der Waals surface area (Å²) in [5, 5.41) is 9.19. The van der Waals surface area contributed by atoms with Crippen molar-refractivity contribution < 1.29 is 26.2 Å². The summed E-state index contributed by atoms with van der Waals surface area (Å²) in [5.41, 5.74) is 1.83. The fourth-order valence-electron chi connectivity index (χ4n) is 4.12. The van der Waals surface area contributed by atoms with Gasteiger partial charge in [-0.2, -0.15) is 23.4 Å². The highest BCUT2D eigenvalue weighted by Crippen LogP contribution is 2.33. The van der Waals surface area contributed by atoms with Crippen molar-refractivity contribution >= 4 is 71.5 Å². The quantitative estimate of drug-likeness (QED) is 0.176. The molecule has 0 spiro atoms. The molecular formula is C26H27ClN6O6S2. The number of fused-ring (bicyclic) bond motifs is 1. The van der Waals surface area contributed by atoms with Crippen LogP contribution in [0.2, 0.25) is 5.28 Å². The van der Waals surface area contributed by atoms with Gasteiger partial charge in [0.15, 0.2) is 9.84 Å². The first-order valence-corrected chi connectivity index (χ1v) is 16.0. The van der Waals surface area contributed by atoms with Gasteiger partial charge < -0.3 is 16.0 Å². The van der Waals surface area contributed by atoms with E-state index in [0.717, 1.165) is 5.56 Å². The van der Waals surface area contributed by atoms with E-state index in [1.165, 1.54) is 18.2 Å². The molecule has 0 unspecified atom stereocenters. The summed E-state index contributed by atoms with van der Waals surface area (Å²) in [6.07, 6.45) is 0.509. The maximum Gasteiger partial charge on any atom is 0.295 e. The van der Waals surface area contributed by atoms with E-state index in [2.05, 4.69) is 30.9 Å². The number of carbonyl (C=O) groups excluding carboxylic acids is 1. The van der Waals surface area contributed by atoms with E-state index in [4.69, 9.17) is 11.6 Å². The van der Waals surface area contributed by atoms with Crippen LogP contribution >= 0.6 is 11.6 Å². The number of aromatic nitrogens is 3. The second kappa shape index (κ2) is 12.3. The Bertz CT molecular complexity index is 1830. The smallest absolute Gasteiger partial charge is 0.295 e. The summed E-state index contributed by atoms with van der Waals surface area (Å²) >= 11 is 6.14. The molecule has 0 aliphatic heterocycles. The van der Waals surface area contributed by atoms with Crippen LogP contribution in [0.15, 0.2) is 59.5 Å². The fraction of sp³-hybridized carbons (Fsp3) is 0.231. The first-order chi connectivity index (χ1) is 19.4. The van der Waals surface area contributed by atoms with Crippen molar-refractivity contribution in [2.75, 3.05) is 28.7 Å². The van der Waals surface area contributed by atoms with Crippen LogP contribution in [-0.4, -0.2) is 60.3 Å². The number of nitrogens with one attached hydrogen (secondary N) is 3. The van der Waals surface area contributed by atoms with Gasteiger partial charge in [0.05, 0.1) is 11.4 Å². The second-order valence-electron chi connectivity index (χ2n) is 9.07. The Morgan fingerprint density at radius 1 is 0.927 bits per heavy atom. The van der Waals surface area contributed by atoms with E-state index < -0.39 is 25.9 Å². The molecule has 4 N–H and O–H groups in total. The summed E-state index contributed by atoms with van der Waals surface area (Å²) in [5.74, 6) is -0.509. The van der Waals surface area contributed by atoms with Gasteiger partial charge in [0.2, 0.25) is 17.2 Å². The third-order valence-electron chi connectivity index (χ3n) is 5.95. The SMILES string of the molecule is CCCS(=O)(=O)CCNC(=O)c1cccc(Nc2nc(Cl)nc(Nc3ccc(C)c4cccc(S(=O)(=O)O)c34)n2)c1. The number of hydrogen-bond donors (Lipinski definition) is 4. The van der Waals surface area contributed by atoms with Gasteiger partial charge >= 0.3 is 0 Å². The summed E-state index contributed by atoms with van der Waals surface area (Å²) < 4.78 is 57.7. The van der Waals surface area contributed by atoms with Crippen molar-refractivity contribution in [3.8, 4) is 0 Å². The highest BCUT2D eigenvalue weighted by atomic mass is 35.5. The molecule has 4 aromatic rings. The Labute approximate surface area is 242 Å². The van der Waals surface area contributed by atoms with Crippen molar-refractivity contribution in [1.29, 1.82) is 0 Å². The lowest BCUT2D eigenvalue weighted by molar-refractivity contribution is 0.0956. The average Bonchev–Trinajstić information content (AvgIpc) is 2.89. The summed E-state index contributed by atoms with van der Waals surface area (Å²) in [6.45, 7) is 3.58. The number of carbonyl (C=O) groups is 1. The molecule has 1 amide bonds. The van der Waals surface area contributed by atoms with Crippen molar-refractivity contribution in [2.24, 2.45) is 0 Å². The Morgan fingerprint density at radius 2 is 1.63 bits per heavy atom. The molecule has 0 saturated heterocycles. The third kappa shape index (κ3) is 7.67. The van der Waals surface area contributed by atoms with E-state index in [0.29, 0.717) is 23.2 Å². The zero-order chi connectivity index (χ0) is 29.8. The highest BCUT2D eigenvalue weighted by Gasteiger charge is 2.19. The van der Waals surface area contributed by atoms with Gasteiger partial charge in [-0.05, 0) is 66.2 Å². The number of benzene rings is 3. The van der Waals surface area contributed by atoms with Crippen LogP contribution in [0.4, 0.5) is 23.3 Å². The topological polar surface area (TPSA) is 180 Å². The van der Waals surface area contributed by atoms with Gasteiger partial charge in [0, 0.05) is 28.9 Å². The molecule has 0 radical (unpaired) electrons. The number of hydrogen-bond acceptors (Lipinski definition) is 10. The van der Waals surface area contributed by atoms with Gasteiger partial charge in [-0.15, -0.1) is 0 Å². The van der Waals surface area contributed by atoms with Crippen LogP contribution in [0.1, 0.15) is 29.3 Å². The number of amides is 1. The monoisotopic (exact) mass is 618 g/mol. The van der Waals surface area contributed by atoms with E-state index in [9.17, 15) is 26.2 Å². The standard InChI is InChI=1S/C26H27ClN6O6S2/c1-3-13-40(35,36)14-12-28-23(34)17-6-4-7-18(15-17)29-25-31-24(27)32-26(33-25)30-20-11-10-16(2)19-8-5-9-21(22(19)20)41(37,38)39/h4-11,15H,3,12-14H2,1-2H3,(H,28,34)(H,37,38,39)(H2,29,30,31,32,33). The number of anilines is 4. The van der Waals surface area contributed by atoms with Gasteiger partial charge in [-0.25, -0.2) is 8.42 Å². The number of halogens is 1. The molecule has 4 rings (SSSR count). The predicted molar refractivity (Wildman–Crippen MR) is 158 cm³/mol. The summed E-state index contributed by atoms with van der Waals surface area (Å²) in [6, 6.07) is 14.4. The van der Waals surface area contributed by atoms with Gasteiger partial charge in [0.1, 0.15) is 4.90 Å². The molecule has 0 aliphatic rings. The molecule has 0 fully saturated rings. The lowest BCUT2D eigenvalue weighted by Crippen LogP contribution is -2.29. The van der Waals surface area contributed by atoms with E-state index >= 15 is 0 Å². The minimum atomic E-state index is -4.54. The molecule has 3 aromatic carbocycles. The Morgan fingerprint density at radius 3 is 2.34 bits per heavy atom.